The maximum absolute atomic E-state index is 11.7. The van der Waals surface area contributed by atoms with Crippen molar-refractivity contribution in [1.82, 2.24) is 10.3 Å². The fourth-order valence-electron chi connectivity index (χ4n) is 1.63. The number of amides is 1. The van der Waals surface area contributed by atoms with Crippen molar-refractivity contribution in [2.75, 3.05) is 6.54 Å². The van der Waals surface area contributed by atoms with E-state index in [4.69, 9.17) is 5.26 Å². The van der Waals surface area contributed by atoms with E-state index in [9.17, 15) is 4.79 Å². The van der Waals surface area contributed by atoms with Crippen molar-refractivity contribution in [3.63, 3.8) is 0 Å². The Morgan fingerprint density at radius 3 is 2.83 bits per heavy atom. The lowest BCUT2D eigenvalue weighted by Crippen LogP contribution is -2.39. The van der Waals surface area contributed by atoms with Crippen LogP contribution in [0, 0.1) is 17.2 Å². The predicted molar refractivity (Wildman–Crippen MR) is 69.7 cm³/mol. The van der Waals surface area contributed by atoms with Crippen LogP contribution in [0.3, 0.4) is 0 Å². The Bertz CT molecular complexity index is 434. The second kappa shape index (κ2) is 6.15. The predicted octanol–water partition coefficient (Wildman–Crippen LogP) is 2.03. The highest BCUT2D eigenvalue weighted by Gasteiger charge is 2.23. The minimum Gasteiger partial charge on any atom is -0.354 e. The summed E-state index contributed by atoms with van der Waals surface area (Å²) in [5.74, 6) is -0.758. The highest BCUT2D eigenvalue weighted by molar-refractivity contribution is 5.81. The molecule has 1 heterocycles. The molecule has 1 amide bonds. The first-order chi connectivity index (χ1) is 8.51. The van der Waals surface area contributed by atoms with E-state index in [-0.39, 0.29) is 11.3 Å². The van der Waals surface area contributed by atoms with Crippen LogP contribution in [0.1, 0.15) is 32.8 Å². The summed E-state index contributed by atoms with van der Waals surface area (Å²) in [5.41, 5.74) is 0.868. The van der Waals surface area contributed by atoms with E-state index in [1.807, 2.05) is 39.0 Å². The highest BCUT2D eigenvalue weighted by Crippen LogP contribution is 2.21. The molecule has 1 rings (SSSR count). The second-order valence-electron chi connectivity index (χ2n) is 4.93. The Morgan fingerprint density at radius 2 is 2.33 bits per heavy atom. The average Bonchev–Trinajstić information content (AvgIpc) is 2.39. The van der Waals surface area contributed by atoms with Gasteiger partial charge in [0.2, 0.25) is 5.91 Å². The molecule has 0 bridgehead atoms. The number of hydrogen-bond donors (Lipinski definition) is 1. The van der Waals surface area contributed by atoms with Crippen LogP contribution in [0.2, 0.25) is 0 Å². The number of nitrogens with zero attached hydrogens (tertiary/aromatic N) is 2. The Balaban J connectivity index is 2.63. The fraction of sp³-hybridized carbons (Fsp3) is 0.500. The number of rotatable bonds is 5. The van der Waals surface area contributed by atoms with Crippen molar-refractivity contribution in [3.05, 3.63) is 30.1 Å². The molecule has 1 aromatic heterocycles. The number of pyridine rings is 1. The molecular weight excluding hydrogens is 226 g/mol. The minimum absolute atomic E-state index is 0.197. The Kier molecular flexibility index (Phi) is 4.85. The summed E-state index contributed by atoms with van der Waals surface area (Å²) in [5, 5.41) is 11.7. The van der Waals surface area contributed by atoms with Gasteiger partial charge in [-0.3, -0.25) is 9.78 Å². The molecule has 0 saturated heterocycles. The van der Waals surface area contributed by atoms with Crippen LogP contribution in [0.4, 0.5) is 0 Å². The summed E-state index contributed by atoms with van der Waals surface area (Å²) in [6, 6.07) is 5.87. The van der Waals surface area contributed by atoms with Gasteiger partial charge in [-0.15, -0.1) is 0 Å². The van der Waals surface area contributed by atoms with Gasteiger partial charge in [-0.1, -0.05) is 26.8 Å². The van der Waals surface area contributed by atoms with Gasteiger partial charge in [0.1, 0.15) is 5.92 Å². The van der Waals surface area contributed by atoms with Crippen molar-refractivity contribution in [3.8, 4) is 6.07 Å². The SMILES string of the molecule is CCC(C#N)C(=O)NCC(C)(C)c1cccnc1. The fourth-order valence-corrected chi connectivity index (χ4v) is 1.63. The molecule has 0 aliphatic rings. The topological polar surface area (TPSA) is 65.8 Å². The molecule has 4 heteroatoms. The van der Waals surface area contributed by atoms with Crippen LogP contribution in [-0.2, 0) is 10.2 Å². The maximum atomic E-state index is 11.7. The number of nitriles is 1. The molecule has 0 aliphatic carbocycles. The van der Waals surface area contributed by atoms with Crippen molar-refractivity contribution in [2.45, 2.75) is 32.6 Å². The summed E-state index contributed by atoms with van der Waals surface area (Å²) in [6.07, 6.45) is 4.06. The van der Waals surface area contributed by atoms with E-state index >= 15 is 0 Å². The van der Waals surface area contributed by atoms with Crippen LogP contribution in [-0.4, -0.2) is 17.4 Å². The van der Waals surface area contributed by atoms with Gasteiger partial charge in [-0.05, 0) is 18.1 Å². The van der Waals surface area contributed by atoms with Crippen LogP contribution in [0.5, 0.6) is 0 Å². The molecular formula is C14H19N3O. The van der Waals surface area contributed by atoms with Gasteiger partial charge in [-0.2, -0.15) is 5.26 Å². The van der Waals surface area contributed by atoms with Gasteiger partial charge < -0.3 is 5.32 Å². The van der Waals surface area contributed by atoms with E-state index in [1.54, 1.807) is 12.4 Å². The summed E-state index contributed by atoms with van der Waals surface area (Å²) in [4.78, 5) is 15.8. The molecule has 0 radical (unpaired) electrons. The summed E-state index contributed by atoms with van der Waals surface area (Å²) < 4.78 is 0. The van der Waals surface area contributed by atoms with Gasteiger partial charge in [0.15, 0.2) is 0 Å². The Morgan fingerprint density at radius 1 is 1.61 bits per heavy atom. The number of carbonyl (C=O) groups is 1. The lowest BCUT2D eigenvalue weighted by molar-refractivity contribution is -0.123. The first kappa shape index (κ1) is 14.2. The lowest BCUT2D eigenvalue weighted by Gasteiger charge is -2.25. The zero-order chi connectivity index (χ0) is 13.6. The third-order valence-electron chi connectivity index (χ3n) is 3.03. The van der Waals surface area contributed by atoms with E-state index in [0.717, 1.165) is 5.56 Å². The van der Waals surface area contributed by atoms with E-state index in [1.165, 1.54) is 0 Å². The average molecular weight is 245 g/mol. The van der Waals surface area contributed by atoms with E-state index in [0.29, 0.717) is 13.0 Å². The van der Waals surface area contributed by atoms with Crippen LogP contribution < -0.4 is 5.32 Å². The molecule has 4 nitrogen and oxygen atoms in total. The first-order valence-electron chi connectivity index (χ1n) is 6.09. The lowest BCUT2D eigenvalue weighted by atomic mass is 9.85. The molecule has 1 aromatic rings. The first-order valence-corrected chi connectivity index (χ1v) is 6.09. The molecule has 1 unspecified atom stereocenters. The largest absolute Gasteiger partial charge is 0.354 e. The molecule has 1 atom stereocenters. The highest BCUT2D eigenvalue weighted by atomic mass is 16.1. The zero-order valence-corrected chi connectivity index (χ0v) is 11.1. The van der Waals surface area contributed by atoms with Crippen molar-refractivity contribution in [2.24, 2.45) is 5.92 Å². The number of nitrogens with one attached hydrogen (secondary N) is 1. The van der Waals surface area contributed by atoms with Crippen LogP contribution >= 0.6 is 0 Å². The van der Waals surface area contributed by atoms with Crippen LogP contribution in [0.15, 0.2) is 24.5 Å². The summed E-state index contributed by atoms with van der Waals surface area (Å²) in [7, 11) is 0. The monoisotopic (exact) mass is 245 g/mol. The molecule has 0 fully saturated rings. The molecule has 18 heavy (non-hydrogen) atoms. The number of aromatic nitrogens is 1. The van der Waals surface area contributed by atoms with Gasteiger partial charge >= 0.3 is 0 Å². The molecule has 0 aromatic carbocycles. The van der Waals surface area contributed by atoms with Gasteiger partial charge in [0, 0.05) is 24.4 Å². The minimum atomic E-state index is -0.560. The van der Waals surface area contributed by atoms with Crippen molar-refractivity contribution >= 4 is 5.91 Å². The van der Waals surface area contributed by atoms with Crippen molar-refractivity contribution < 1.29 is 4.79 Å². The van der Waals surface area contributed by atoms with Crippen molar-refractivity contribution in [1.29, 1.82) is 5.26 Å². The maximum Gasteiger partial charge on any atom is 0.237 e. The molecule has 0 aliphatic heterocycles. The van der Waals surface area contributed by atoms with E-state index in [2.05, 4.69) is 10.3 Å². The molecule has 0 saturated carbocycles. The second-order valence-corrected chi connectivity index (χ2v) is 4.93. The van der Waals surface area contributed by atoms with Gasteiger partial charge in [0.05, 0.1) is 6.07 Å². The third-order valence-corrected chi connectivity index (χ3v) is 3.03. The molecule has 0 spiro atoms. The standard InChI is InChI=1S/C14H19N3O/c1-4-11(8-15)13(18)17-10-14(2,3)12-6-5-7-16-9-12/h5-7,9,11H,4,10H2,1-3H3,(H,17,18). The molecule has 96 valence electrons. The Labute approximate surface area is 108 Å². The summed E-state index contributed by atoms with van der Waals surface area (Å²) >= 11 is 0. The number of carbonyl (C=O) groups excluding carboxylic acids is 1. The zero-order valence-electron chi connectivity index (χ0n) is 11.1. The summed E-state index contributed by atoms with van der Waals surface area (Å²) in [6.45, 7) is 6.41. The van der Waals surface area contributed by atoms with Gasteiger partial charge in [0.25, 0.3) is 0 Å². The normalized spacial score (nSPS) is 12.6. The number of hydrogen-bond acceptors (Lipinski definition) is 3. The van der Waals surface area contributed by atoms with E-state index < -0.39 is 5.92 Å². The van der Waals surface area contributed by atoms with Crippen LogP contribution in [0.25, 0.3) is 0 Å². The third kappa shape index (κ3) is 3.56. The van der Waals surface area contributed by atoms with Gasteiger partial charge in [-0.25, -0.2) is 0 Å². The smallest absolute Gasteiger partial charge is 0.237 e. The molecule has 1 N–H and O–H groups in total. The Hall–Kier alpha value is -1.89. The quantitative estimate of drug-likeness (QED) is 0.863.